The molecule has 20 heavy (non-hydrogen) atoms. The fourth-order valence-electron chi connectivity index (χ4n) is 1.69. The molecular formula is C14H20FN2O3+. The Balaban J connectivity index is 3.08. The van der Waals surface area contributed by atoms with Gasteiger partial charge in [0, 0.05) is 17.7 Å². The highest BCUT2D eigenvalue weighted by molar-refractivity contribution is 5.77. The van der Waals surface area contributed by atoms with E-state index >= 15 is 0 Å². The number of benzene rings is 1. The summed E-state index contributed by atoms with van der Waals surface area (Å²) < 4.78 is 18.8. The van der Waals surface area contributed by atoms with Gasteiger partial charge in [-0.3, -0.25) is 4.79 Å². The second kappa shape index (κ2) is 6.11. The average molecular weight is 283 g/mol. The van der Waals surface area contributed by atoms with Crippen LogP contribution < -0.4 is 11.1 Å². The lowest BCUT2D eigenvalue weighted by atomic mass is 10.0. The number of carbonyl (C=O) groups is 2. The number of carbonyl (C=O) groups excluding carboxylic acids is 2. The van der Waals surface area contributed by atoms with Crippen molar-refractivity contribution in [3.05, 3.63) is 29.1 Å². The largest absolute Gasteiger partial charge is 0.518 e. The van der Waals surface area contributed by atoms with Crippen LogP contribution in [0.2, 0.25) is 0 Å². The molecule has 0 heterocycles. The number of nitrogens with two attached hydrogens (primary N) is 2. The molecule has 0 aliphatic heterocycles. The molecule has 1 amide bonds. The highest BCUT2D eigenvalue weighted by atomic mass is 19.1. The molecule has 5 nitrogen and oxygen atoms in total. The third kappa shape index (κ3) is 4.40. The van der Waals surface area contributed by atoms with Crippen LogP contribution in [-0.2, 0) is 4.74 Å². The average Bonchev–Trinajstić information content (AvgIpc) is 2.25. The maximum atomic E-state index is 13.6. The molecule has 6 heteroatoms. The first-order valence-corrected chi connectivity index (χ1v) is 6.26. The lowest BCUT2D eigenvalue weighted by Gasteiger charge is -2.18. The molecule has 0 aliphatic rings. The number of quaternary nitrogens is 1. The predicted octanol–water partition coefficient (Wildman–Crippen LogP) is 1.79. The first-order chi connectivity index (χ1) is 9.14. The highest BCUT2D eigenvalue weighted by Crippen LogP contribution is 2.21. The number of ether oxygens (including phenoxy) is 1. The third-order valence-corrected chi connectivity index (χ3v) is 2.50. The Labute approximate surface area is 117 Å². The molecule has 0 saturated carbocycles. The summed E-state index contributed by atoms with van der Waals surface area (Å²) in [6.45, 7) is 6.90. The van der Waals surface area contributed by atoms with Crippen LogP contribution in [0.15, 0.2) is 12.1 Å². The van der Waals surface area contributed by atoms with Crippen molar-refractivity contribution >= 4 is 18.1 Å². The number of primary amides is 1. The van der Waals surface area contributed by atoms with Gasteiger partial charge in [-0.2, -0.15) is 4.79 Å². The smallest absolute Gasteiger partial charge is 0.414 e. The minimum Gasteiger partial charge on any atom is -0.414 e. The van der Waals surface area contributed by atoms with E-state index in [-0.39, 0.29) is 5.56 Å². The fraction of sp³-hybridized carbons (Fsp3) is 0.429. The summed E-state index contributed by atoms with van der Waals surface area (Å²) >= 11 is 0. The molecule has 0 spiro atoms. The van der Waals surface area contributed by atoms with Crippen LogP contribution in [0.1, 0.15) is 49.7 Å². The van der Waals surface area contributed by atoms with Crippen LogP contribution in [0.4, 0.5) is 14.9 Å². The SMILES string of the molecule is CC(N)c1cc(C=O)c(F)cc1[NH2+]C(=O)OC(C)(C)C. The van der Waals surface area contributed by atoms with Gasteiger partial charge in [0.1, 0.15) is 17.1 Å². The van der Waals surface area contributed by atoms with Crippen molar-refractivity contribution in [2.75, 3.05) is 0 Å². The molecule has 110 valence electrons. The zero-order valence-corrected chi connectivity index (χ0v) is 12.1. The summed E-state index contributed by atoms with van der Waals surface area (Å²) in [4.78, 5) is 22.5. The van der Waals surface area contributed by atoms with Gasteiger partial charge in [0.05, 0.1) is 5.56 Å². The Hall–Kier alpha value is -1.79. The highest BCUT2D eigenvalue weighted by Gasteiger charge is 2.23. The maximum absolute atomic E-state index is 13.6. The number of hydrogen-bond donors (Lipinski definition) is 2. The molecular weight excluding hydrogens is 263 g/mol. The van der Waals surface area contributed by atoms with Gasteiger partial charge in [0.15, 0.2) is 6.29 Å². The van der Waals surface area contributed by atoms with Crippen molar-refractivity contribution < 1.29 is 24.0 Å². The van der Waals surface area contributed by atoms with Crippen LogP contribution >= 0.6 is 0 Å². The first-order valence-electron chi connectivity index (χ1n) is 6.26. The van der Waals surface area contributed by atoms with Crippen LogP contribution in [0.3, 0.4) is 0 Å². The summed E-state index contributed by atoms with van der Waals surface area (Å²) in [6, 6.07) is 2.03. The van der Waals surface area contributed by atoms with Crippen molar-refractivity contribution in [2.24, 2.45) is 5.73 Å². The molecule has 0 bridgehead atoms. The van der Waals surface area contributed by atoms with Gasteiger partial charge in [-0.1, -0.05) is 0 Å². The lowest BCUT2D eigenvalue weighted by molar-refractivity contribution is -0.487. The van der Waals surface area contributed by atoms with Gasteiger partial charge >= 0.3 is 6.09 Å². The molecule has 1 rings (SSSR count). The number of rotatable bonds is 3. The first kappa shape index (κ1) is 16.3. The molecule has 1 aromatic carbocycles. The summed E-state index contributed by atoms with van der Waals surface area (Å²) in [5.74, 6) is -0.695. The topological polar surface area (TPSA) is 86.0 Å². The Morgan fingerprint density at radius 1 is 1.45 bits per heavy atom. The van der Waals surface area contributed by atoms with Gasteiger partial charge in [0.25, 0.3) is 0 Å². The van der Waals surface area contributed by atoms with Gasteiger partial charge < -0.3 is 10.5 Å². The van der Waals surface area contributed by atoms with Gasteiger partial charge in [-0.05, 0) is 33.8 Å². The molecule has 1 unspecified atom stereocenters. The van der Waals surface area contributed by atoms with Crippen molar-refractivity contribution in [1.29, 1.82) is 0 Å². The zero-order chi connectivity index (χ0) is 15.5. The monoisotopic (exact) mass is 283 g/mol. The lowest BCUT2D eigenvalue weighted by Crippen LogP contribution is -2.83. The fourth-order valence-corrected chi connectivity index (χ4v) is 1.69. The van der Waals surface area contributed by atoms with Gasteiger partial charge in [0.2, 0.25) is 0 Å². The van der Waals surface area contributed by atoms with E-state index in [1.807, 2.05) is 0 Å². The molecule has 0 radical (unpaired) electrons. The van der Waals surface area contributed by atoms with Crippen molar-refractivity contribution in [1.82, 2.24) is 0 Å². The normalized spacial score (nSPS) is 12.9. The molecule has 0 aliphatic carbocycles. The van der Waals surface area contributed by atoms with E-state index in [0.717, 1.165) is 6.07 Å². The van der Waals surface area contributed by atoms with Gasteiger partial charge in [-0.25, -0.2) is 9.71 Å². The van der Waals surface area contributed by atoms with Gasteiger partial charge in [-0.15, -0.1) is 0 Å². The molecule has 0 saturated heterocycles. The Bertz CT molecular complexity index is 522. The quantitative estimate of drug-likeness (QED) is 0.654. The van der Waals surface area contributed by atoms with Crippen molar-refractivity contribution in [3.8, 4) is 0 Å². The summed E-state index contributed by atoms with van der Waals surface area (Å²) in [6.07, 6.45) is -0.170. The summed E-state index contributed by atoms with van der Waals surface area (Å²) in [5, 5.41) is 1.18. The number of aldehydes is 1. The third-order valence-electron chi connectivity index (χ3n) is 2.50. The van der Waals surface area contributed by atoms with Crippen LogP contribution in [-0.4, -0.2) is 18.0 Å². The number of amides is 1. The van der Waals surface area contributed by atoms with E-state index < -0.39 is 23.6 Å². The molecule has 1 atom stereocenters. The summed E-state index contributed by atoms with van der Waals surface area (Å²) in [5.41, 5.74) is 5.89. The molecule has 1 aromatic rings. The predicted molar refractivity (Wildman–Crippen MR) is 72.2 cm³/mol. The van der Waals surface area contributed by atoms with E-state index in [1.165, 1.54) is 11.4 Å². The number of hydrogen-bond acceptors (Lipinski definition) is 4. The van der Waals surface area contributed by atoms with Crippen LogP contribution in [0.25, 0.3) is 0 Å². The maximum Gasteiger partial charge on any atom is 0.518 e. The van der Waals surface area contributed by atoms with Crippen molar-refractivity contribution in [2.45, 2.75) is 39.3 Å². The standard InChI is InChI=1S/C14H19FN2O3/c1-8(16)10-5-9(7-18)11(15)6-12(10)17-13(19)20-14(2,3)4/h5-8H,16H2,1-4H3,(H,17,19)/p+1. The van der Waals surface area contributed by atoms with Crippen molar-refractivity contribution in [3.63, 3.8) is 0 Å². The second-order valence-corrected chi connectivity index (χ2v) is 5.59. The second-order valence-electron chi connectivity index (χ2n) is 5.59. The minimum absolute atomic E-state index is 0.0846. The molecule has 4 N–H and O–H groups in total. The Morgan fingerprint density at radius 2 is 2.05 bits per heavy atom. The van der Waals surface area contributed by atoms with E-state index in [0.29, 0.717) is 17.5 Å². The van der Waals surface area contributed by atoms with E-state index in [4.69, 9.17) is 10.5 Å². The summed E-state index contributed by atoms with van der Waals surface area (Å²) in [7, 11) is 0. The van der Waals surface area contributed by atoms with Crippen LogP contribution in [0.5, 0.6) is 0 Å². The number of halogens is 1. The Morgan fingerprint density at radius 3 is 2.50 bits per heavy atom. The Kier molecular flexibility index (Phi) is 4.97. The molecule has 0 fully saturated rings. The van der Waals surface area contributed by atoms with E-state index in [9.17, 15) is 14.0 Å². The van der Waals surface area contributed by atoms with E-state index in [1.54, 1.807) is 27.7 Å². The minimum atomic E-state index is -0.695. The zero-order valence-electron chi connectivity index (χ0n) is 12.1. The molecule has 0 aromatic heterocycles. The van der Waals surface area contributed by atoms with Crippen LogP contribution in [0, 0.1) is 5.82 Å². The van der Waals surface area contributed by atoms with E-state index in [2.05, 4.69) is 0 Å².